The van der Waals surface area contributed by atoms with E-state index in [9.17, 15) is 0 Å². The normalized spacial score (nSPS) is 38.4. The molecule has 1 aliphatic carbocycles. The molecule has 1 fully saturated rings. The molecule has 0 aliphatic heterocycles. The number of oxime groups is 1. The maximum atomic E-state index is 8.48. The van der Waals surface area contributed by atoms with Crippen molar-refractivity contribution >= 4 is 17.3 Å². The van der Waals surface area contributed by atoms with E-state index >= 15 is 0 Å². The predicted molar refractivity (Wildman–Crippen MR) is 41.9 cm³/mol. The fraction of sp³-hybridized carbons (Fsp3) is 0.857. The van der Waals surface area contributed by atoms with Gasteiger partial charge in [0, 0.05) is 0 Å². The summed E-state index contributed by atoms with van der Waals surface area (Å²) < 4.78 is 0. The van der Waals surface area contributed by atoms with Crippen molar-refractivity contribution in [1.29, 1.82) is 0 Å². The number of alkyl halides is 1. The van der Waals surface area contributed by atoms with E-state index in [4.69, 9.17) is 16.8 Å². The highest BCUT2D eigenvalue weighted by atomic mass is 35.5. The zero-order chi connectivity index (χ0) is 7.56. The maximum absolute atomic E-state index is 8.48. The van der Waals surface area contributed by atoms with E-state index in [-0.39, 0.29) is 5.38 Å². The first-order chi connectivity index (χ1) is 4.75. The molecule has 1 rings (SSSR count). The highest BCUT2D eigenvalue weighted by Gasteiger charge is 2.25. The van der Waals surface area contributed by atoms with E-state index in [1.54, 1.807) is 0 Å². The summed E-state index contributed by atoms with van der Waals surface area (Å²) in [6.45, 7) is 2.09. The number of halogens is 1. The lowest BCUT2D eigenvalue weighted by Gasteiger charge is -2.23. The summed E-state index contributed by atoms with van der Waals surface area (Å²) in [5.41, 5.74) is 0.750. The van der Waals surface area contributed by atoms with Gasteiger partial charge in [0.2, 0.25) is 0 Å². The van der Waals surface area contributed by atoms with Gasteiger partial charge in [-0.15, -0.1) is 11.6 Å². The van der Waals surface area contributed by atoms with Crippen LogP contribution in [0.1, 0.15) is 26.2 Å². The molecule has 1 aliphatic rings. The van der Waals surface area contributed by atoms with Gasteiger partial charge in [0.05, 0.1) is 11.1 Å². The summed E-state index contributed by atoms with van der Waals surface area (Å²) in [7, 11) is 0. The topological polar surface area (TPSA) is 32.6 Å². The molecule has 0 aromatic heterocycles. The Morgan fingerprint density at radius 1 is 1.70 bits per heavy atom. The van der Waals surface area contributed by atoms with Crippen LogP contribution in [0.4, 0.5) is 0 Å². The third-order valence-electron chi connectivity index (χ3n) is 2.04. The molecule has 0 aromatic carbocycles. The van der Waals surface area contributed by atoms with Crippen molar-refractivity contribution in [1.82, 2.24) is 0 Å². The molecule has 1 saturated carbocycles. The van der Waals surface area contributed by atoms with Crippen molar-refractivity contribution < 1.29 is 5.21 Å². The Morgan fingerprint density at radius 3 is 2.90 bits per heavy atom. The Balaban J connectivity index is 2.60. The monoisotopic (exact) mass is 161 g/mol. The molecule has 2 nitrogen and oxygen atoms in total. The SMILES string of the molecule is CC1CCC/C(=N\O)C1Cl. The van der Waals surface area contributed by atoms with Gasteiger partial charge in [0.15, 0.2) is 0 Å². The van der Waals surface area contributed by atoms with Crippen LogP contribution in [0.5, 0.6) is 0 Å². The molecular weight excluding hydrogens is 150 g/mol. The van der Waals surface area contributed by atoms with Crippen LogP contribution in [0.2, 0.25) is 0 Å². The lowest BCUT2D eigenvalue weighted by atomic mass is 9.89. The van der Waals surface area contributed by atoms with E-state index in [2.05, 4.69) is 12.1 Å². The summed E-state index contributed by atoms with van der Waals surface area (Å²) >= 11 is 5.94. The van der Waals surface area contributed by atoms with Crippen LogP contribution < -0.4 is 0 Å². The Kier molecular flexibility index (Phi) is 2.55. The molecular formula is C7H12ClNO. The lowest BCUT2D eigenvalue weighted by molar-refractivity contribution is 0.311. The molecule has 0 spiro atoms. The number of rotatable bonds is 0. The highest BCUT2D eigenvalue weighted by Crippen LogP contribution is 2.25. The van der Waals surface area contributed by atoms with Crippen LogP contribution in [-0.2, 0) is 0 Å². The molecule has 0 radical (unpaired) electrons. The smallest absolute Gasteiger partial charge is 0.0776 e. The standard InChI is InChI=1S/C7H12ClNO/c1-5-3-2-4-6(9-10)7(5)8/h5,7,10H,2-4H2,1H3/b9-6+. The average Bonchev–Trinajstić information content (AvgIpc) is 1.95. The Bertz CT molecular complexity index is 147. The van der Waals surface area contributed by atoms with Gasteiger partial charge >= 0.3 is 0 Å². The van der Waals surface area contributed by atoms with Gasteiger partial charge in [0.25, 0.3) is 0 Å². The predicted octanol–water partition coefficient (Wildman–Crippen LogP) is 2.24. The van der Waals surface area contributed by atoms with Crippen LogP contribution in [0, 0.1) is 5.92 Å². The molecule has 2 atom stereocenters. The number of hydrogen-bond donors (Lipinski definition) is 1. The van der Waals surface area contributed by atoms with Gasteiger partial charge in [-0.25, -0.2) is 0 Å². The van der Waals surface area contributed by atoms with Crippen molar-refractivity contribution in [2.45, 2.75) is 31.6 Å². The van der Waals surface area contributed by atoms with E-state index in [0.29, 0.717) is 5.92 Å². The van der Waals surface area contributed by atoms with Crippen LogP contribution >= 0.6 is 11.6 Å². The molecule has 0 heterocycles. The van der Waals surface area contributed by atoms with Gasteiger partial charge in [-0.05, 0) is 25.2 Å². The van der Waals surface area contributed by atoms with E-state index in [1.165, 1.54) is 0 Å². The van der Waals surface area contributed by atoms with E-state index in [1.807, 2.05) is 0 Å². The maximum Gasteiger partial charge on any atom is 0.0776 e. The van der Waals surface area contributed by atoms with Crippen molar-refractivity contribution in [2.75, 3.05) is 0 Å². The lowest BCUT2D eigenvalue weighted by Crippen LogP contribution is -2.27. The van der Waals surface area contributed by atoms with Crippen LogP contribution in [0.25, 0.3) is 0 Å². The van der Waals surface area contributed by atoms with Crippen molar-refractivity contribution in [3.8, 4) is 0 Å². The zero-order valence-electron chi connectivity index (χ0n) is 6.05. The van der Waals surface area contributed by atoms with Gasteiger partial charge in [-0.3, -0.25) is 0 Å². The first-order valence-corrected chi connectivity index (χ1v) is 4.04. The Morgan fingerprint density at radius 2 is 2.40 bits per heavy atom. The fourth-order valence-electron chi connectivity index (χ4n) is 1.32. The molecule has 1 N–H and O–H groups in total. The summed E-state index contributed by atoms with van der Waals surface area (Å²) in [5.74, 6) is 0.460. The third kappa shape index (κ3) is 1.43. The molecule has 2 unspecified atom stereocenters. The molecule has 10 heavy (non-hydrogen) atoms. The van der Waals surface area contributed by atoms with Gasteiger partial charge in [-0.2, -0.15) is 0 Å². The first-order valence-electron chi connectivity index (χ1n) is 3.60. The second kappa shape index (κ2) is 3.24. The van der Waals surface area contributed by atoms with E-state index in [0.717, 1.165) is 25.0 Å². The number of nitrogens with zero attached hydrogens (tertiary/aromatic N) is 1. The number of hydrogen-bond acceptors (Lipinski definition) is 2. The summed E-state index contributed by atoms with van der Waals surface area (Å²) in [5, 5.41) is 11.6. The minimum atomic E-state index is -0.0428. The largest absolute Gasteiger partial charge is 0.411 e. The highest BCUT2D eigenvalue weighted by molar-refractivity contribution is 6.32. The van der Waals surface area contributed by atoms with Crippen molar-refractivity contribution in [3.05, 3.63) is 0 Å². The van der Waals surface area contributed by atoms with Crippen molar-refractivity contribution in [2.24, 2.45) is 11.1 Å². The Hall–Kier alpha value is -0.240. The van der Waals surface area contributed by atoms with Gasteiger partial charge in [-0.1, -0.05) is 12.1 Å². The van der Waals surface area contributed by atoms with E-state index < -0.39 is 0 Å². The summed E-state index contributed by atoms with van der Waals surface area (Å²) in [6, 6.07) is 0. The zero-order valence-corrected chi connectivity index (χ0v) is 6.80. The van der Waals surface area contributed by atoms with Gasteiger partial charge in [0.1, 0.15) is 0 Å². The quantitative estimate of drug-likeness (QED) is 0.330. The van der Waals surface area contributed by atoms with Crippen LogP contribution in [0.15, 0.2) is 5.16 Å². The average molecular weight is 162 g/mol. The molecule has 0 saturated heterocycles. The second-order valence-electron chi connectivity index (χ2n) is 2.86. The third-order valence-corrected chi connectivity index (χ3v) is 2.72. The minimum absolute atomic E-state index is 0.0428. The molecule has 0 aromatic rings. The second-order valence-corrected chi connectivity index (χ2v) is 3.33. The first kappa shape index (κ1) is 7.86. The fourth-order valence-corrected chi connectivity index (χ4v) is 1.60. The van der Waals surface area contributed by atoms with Gasteiger partial charge < -0.3 is 5.21 Å². The Labute approximate surface area is 65.9 Å². The van der Waals surface area contributed by atoms with Crippen LogP contribution in [0.3, 0.4) is 0 Å². The summed E-state index contributed by atoms with van der Waals surface area (Å²) in [4.78, 5) is 0. The molecule has 0 amide bonds. The minimum Gasteiger partial charge on any atom is -0.411 e. The molecule has 0 bridgehead atoms. The molecule has 3 heteroatoms. The van der Waals surface area contributed by atoms with Crippen molar-refractivity contribution in [3.63, 3.8) is 0 Å². The van der Waals surface area contributed by atoms with Crippen LogP contribution in [-0.4, -0.2) is 16.3 Å². The summed E-state index contributed by atoms with van der Waals surface area (Å²) in [6.07, 6.45) is 3.10. The molecule has 58 valence electrons.